The van der Waals surface area contributed by atoms with Crippen molar-refractivity contribution in [1.29, 1.82) is 0 Å². The number of anilines is 1. The summed E-state index contributed by atoms with van der Waals surface area (Å²) in [6.45, 7) is 6.15. The highest BCUT2D eigenvalue weighted by Crippen LogP contribution is 2.40. The summed E-state index contributed by atoms with van der Waals surface area (Å²) in [4.78, 5) is 14.4. The molecule has 1 heterocycles. The second-order valence-corrected chi connectivity index (χ2v) is 6.48. The van der Waals surface area contributed by atoms with Crippen molar-refractivity contribution in [1.82, 2.24) is 0 Å². The minimum absolute atomic E-state index is 0.1000. The van der Waals surface area contributed by atoms with Crippen molar-refractivity contribution in [3.63, 3.8) is 0 Å². The molecule has 0 saturated heterocycles. The topological polar surface area (TPSA) is 20.3 Å². The molecule has 1 aromatic rings. The van der Waals surface area contributed by atoms with Crippen molar-refractivity contribution in [3.8, 4) is 0 Å². The van der Waals surface area contributed by atoms with Crippen LogP contribution < -0.4 is 4.90 Å². The summed E-state index contributed by atoms with van der Waals surface area (Å²) in [5.41, 5.74) is 2.76. The molecule has 0 bridgehead atoms. The monoisotopic (exact) mass is 311 g/mol. The van der Waals surface area contributed by atoms with E-state index in [0.29, 0.717) is 23.7 Å². The fourth-order valence-corrected chi connectivity index (χ4v) is 3.09. The average Bonchev–Trinajstić information content (AvgIpc) is 2.36. The molecule has 0 aliphatic carbocycles. The Morgan fingerprint density at radius 1 is 1.35 bits per heavy atom. The van der Waals surface area contributed by atoms with Gasteiger partial charge in [0.05, 0.1) is 11.2 Å². The van der Waals surface area contributed by atoms with Gasteiger partial charge in [-0.1, -0.05) is 17.7 Å². The van der Waals surface area contributed by atoms with E-state index in [1.165, 1.54) is 0 Å². The minimum Gasteiger partial charge on any atom is -0.303 e. The van der Waals surface area contributed by atoms with E-state index in [0.717, 1.165) is 16.8 Å². The van der Waals surface area contributed by atoms with Crippen LogP contribution in [0.3, 0.4) is 0 Å². The SMILES string of the molecule is CC1=CC(C)(C)N(C(=O)CCCCl)c2ccc(Cl)cc21. The van der Waals surface area contributed by atoms with Crippen LogP contribution in [0.4, 0.5) is 5.69 Å². The fourth-order valence-electron chi connectivity index (χ4n) is 2.79. The molecule has 2 rings (SSSR count). The molecule has 0 spiro atoms. The van der Waals surface area contributed by atoms with Crippen LogP contribution in [0.5, 0.6) is 0 Å². The van der Waals surface area contributed by atoms with Crippen molar-refractivity contribution in [2.24, 2.45) is 0 Å². The molecule has 1 amide bonds. The molecule has 20 heavy (non-hydrogen) atoms. The number of hydrogen-bond acceptors (Lipinski definition) is 1. The zero-order valence-corrected chi connectivity index (χ0v) is 13.6. The van der Waals surface area contributed by atoms with E-state index in [9.17, 15) is 4.79 Å². The number of rotatable bonds is 3. The fraction of sp³-hybridized carbons (Fsp3) is 0.438. The van der Waals surface area contributed by atoms with Gasteiger partial charge in [0, 0.05) is 22.9 Å². The third-order valence-electron chi connectivity index (χ3n) is 3.54. The first kappa shape index (κ1) is 15.4. The quantitative estimate of drug-likeness (QED) is 0.728. The van der Waals surface area contributed by atoms with E-state index in [2.05, 4.69) is 13.0 Å². The second-order valence-electron chi connectivity index (χ2n) is 5.66. The van der Waals surface area contributed by atoms with Crippen molar-refractivity contribution in [2.45, 2.75) is 39.2 Å². The third-order valence-corrected chi connectivity index (χ3v) is 4.05. The number of carbonyl (C=O) groups excluding carboxylic acids is 1. The van der Waals surface area contributed by atoms with Gasteiger partial charge in [0.15, 0.2) is 0 Å². The summed E-state index contributed by atoms with van der Waals surface area (Å²) in [5.74, 6) is 0.602. The predicted octanol–water partition coefficient (Wildman–Crippen LogP) is 4.89. The molecule has 0 fully saturated rings. The molecule has 108 valence electrons. The molecule has 2 nitrogen and oxygen atoms in total. The summed E-state index contributed by atoms with van der Waals surface area (Å²) in [7, 11) is 0. The van der Waals surface area contributed by atoms with Crippen molar-refractivity contribution in [2.75, 3.05) is 10.8 Å². The zero-order chi connectivity index (χ0) is 14.9. The molecule has 1 aliphatic rings. The summed E-state index contributed by atoms with van der Waals surface area (Å²) in [6.07, 6.45) is 3.27. The van der Waals surface area contributed by atoms with Gasteiger partial charge in [0.25, 0.3) is 0 Å². The van der Waals surface area contributed by atoms with Gasteiger partial charge in [-0.3, -0.25) is 4.79 Å². The van der Waals surface area contributed by atoms with E-state index >= 15 is 0 Å². The summed E-state index contributed by atoms with van der Waals surface area (Å²) in [5, 5.41) is 0.685. The lowest BCUT2D eigenvalue weighted by Crippen LogP contribution is -2.48. The summed E-state index contributed by atoms with van der Waals surface area (Å²) < 4.78 is 0. The van der Waals surface area contributed by atoms with Crippen molar-refractivity contribution >= 4 is 40.4 Å². The molecular weight excluding hydrogens is 293 g/mol. The van der Waals surface area contributed by atoms with E-state index in [1.807, 2.05) is 36.9 Å². The van der Waals surface area contributed by atoms with E-state index in [-0.39, 0.29) is 11.4 Å². The van der Waals surface area contributed by atoms with Gasteiger partial charge < -0.3 is 4.90 Å². The average molecular weight is 312 g/mol. The van der Waals surface area contributed by atoms with E-state index < -0.39 is 0 Å². The van der Waals surface area contributed by atoms with Gasteiger partial charge in [-0.05, 0) is 51.0 Å². The molecule has 0 saturated carbocycles. The van der Waals surface area contributed by atoms with Crippen molar-refractivity contribution in [3.05, 3.63) is 34.9 Å². The Balaban J connectivity index is 2.48. The highest BCUT2D eigenvalue weighted by molar-refractivity contribution is 6.31. The van der Waals surface area contributed by atoms with Gasteiger partial charge >= 0.3 is 0 Å². The van der Waals surface area contributed by atoms with Crippen LogP contribution in [0.15, 0.2) is 24.3 Å². The van der Waals surface area contributed by atoms with Crippen LogP contribution in [0, 0.1) is 0 Å². The molecule has 4 heteroatoms. The third kappa shape index (κ3) is 2.87. The van der Waals surface area contributed by atoms with Crippen LogP contribution in [0.1, 0.15) is 39.2 Å². The molecule has 0 radical (unpaired) electrons. The molecular formula is C16H19Cl2NO. The second kappa shape index (κ2) is 5.79. The molecule has 0 N–H and O–H groups in total. The van der Waals surface area contributed by atoms with Crippen LogP contribution in [0.25, 0.3) is 5.57 Å². The first-order valence-electron chi connectivity index (χ1n) is 6.75. The zero-order valence-electron chi connectivity index (χ0n) is 12.0. The first-order valence-corrected chi connectivity index (χ1v) is 7.66. The summed E-state index contributed by atoms with van der Waals surface area (Å²) in [6, 6.07) is 5.67. The number of alkyl halides is 1. The largest absolute Gasteiger partial charge is 0.303 e. The lowest BCUT2D eigenvalue weighted by atomic mass is 9.88. The highest BCUT2D eigenvalue weighted by Gasteiger charge is 2.35. The van der Waals surface area contributed by atoms with E-state index in [1.54, 1.807) is 0 Å². The number of fused-ring (bicyclic) bond motifs is 1. The van der Waals surface area contributed by atoms with Gasteiger partial charge in [0.1, 0.15) is 0 Å². The number of benzene rings is 1. The highest BCUT2D eigenvalue weighted by atomic mass is 35.5. The number of amides is 1. The molecule has 1 aromatic carbocycles. The van der Waals surface area contributed by atoms with Gasteiger partial charge in [-0.25, -0.2) is 0 Å². The minimum atomic E-state index is -0.339. The van der Waals surface area contributed by atoms with Crippen molar-refractivity contribution < 1.29 is 4.79 Å². The number of halogens is 2. The maximum atomic E-state index is 12.5. The Morgan fingerprint density at radius 2 is 2.05 bits per heavy atom. The number of nitrogens with zero attached hydrogens (tertiary/aromatic N) is 1. The maximum absolute atomic E-state index is 12.5. The van der Waals surface area contributed by atoms with Crippen LogP contribution in [-0.2, 0) is 4.79 Å². The Morgan fingerprint density at radius 3 is 2.70 bits per heavy atom. The summed E-state index contributed by atoms with van der Waals surface area (Å²) >= 11 is 11.8. The Bertz CT molecular complexity index is 564. The van der Waals surface area contributed by atoms with Gasteiger partial charge in [-0.15, -0.1) is 11.6 Å². The Labute approximate surface area is 130 Å². The van der Waals surface area contributed by atoms with Gasteiger partial charge in [-0.2, -0.15) is 0 Å². The van der Waals surface area contributed by atoms with E-state index in [4.69, 9.17) is 23.2 Å². The normalized spacial score (nSPS) is 16.6. The molecule has 0 aromatic heterocycles. The molecule has 0 unspecified atom stereocenters. The lowest BCUT2D eigenvalue weighted by molar-refractivity contribution is -0.119. The van der Waals surface area contributed by atoms with Crippen LogP contribution in [-0.4, -0.2) is 17.3 Å². The lowest BCUT2D eigenvalue weighted by Gasteiger charge is -2.41. The number of hydrogen-bond donors (Lipinski definition) is 0. The smallest absolute Gasteiger partial charge is 0.227 e. The number of carbonyl (C=O) groups is 1. The van der Waals surface area contributed by atoms with Crippen LogP contribution in [0.2, 0.25) is 5.02 Å². The number of allylic oxidation sites excluding steroid dienone is 1. The molecule has 0 atom stereocenters. The first-order chi connectivity index (χ1) is 9.36. The maximum Gasteiger partial charge on any atom is 0.227 e. The Hall–Kier alpha value is -0.990. The predicted molar refractivity (Wildman–Crippen MR) is 86.6 cm³/mol. The molecule has 1 aliphatic heterocycles. The van der Waals surface area contributed by atoms with Crippen LogP contribution >= 0.6 is 23.2 Å². The standard InChI is InChI=1S/C16H19Cl2NO/c1-11-10-16(2,3)19(15(20)5-4-8-17)14-7-6-12(18)9-13(11)14/h6-7,9-10H,4-5,8H2,1-3H3. The van der Waals surface area contributed by atoms with Gasteiger partial charge in [0.2, 0.25) is 5.91 Å². The Kier molecular flexibility index (Phi) is 4.46.